The number of hydrogen-bond acceptors (Lipinski definition) is 3. The normalized spacial score (nSPS) is 40.7. The second-order valence-electron chi connectivity index (χ2n) is 4.81. The lowest BCUT2D eigenvalue weighted by Gasteiger charge is -2.26. The van der Waals surface area contributed by atoms with Gasteiger partial charge in [0.15, 0.2) is 0 Å². The average molecular weight is 212 g/mol. The lowest BCUT2D eigenvalue weighted by atomic mass is 9.98. The van der Waals surface area contributed by atoms with Crippen LogP contribution in [0.4, 0.5) is 0 Å². The van der Waals surface area contributed by atoms with Crippen molar-refractivity contribution in [3.63, 3.8) is 0 Å². The first-order valence-electron chi connectivity index (χ1n) is 5.79. The Balaban J connectivity index is 1.91. The highest BCUT2D eigenvalue weighted by atomic mass is 16.5. The van der Waals surface area contributed by atoms with Crippen LogP contribution in [0.25, 0.3) is 0 Å². The van der Waals surface area contributed by atoms with E-state index in [9.17, 15) is 4.79 Å². The van der Waals surface area contributed by atoms with E-state index in [0.29, 0.717) is 0 Å². The van der Waals surface area contributed by atoms with Crippen LogP contribution in [0.3, 0.4) is 0 Å². The number of amides is 1. The molecule has 0 aromatic rings. The van der Waals surface area contributed by atoms with Gasteiger partial charge in [-0.25, -0.2) is 0 Å². The van der Waals surface area contributed by atoms with E-state index in [1.807, 2.05) is 13.8 Å². The molecule has 2 aliphatic heterocycles. The van der Waals surface area contributed by atoms with Crippen molar-refractivity contribution in [3.8, 4) is 0 Å². The maximum Gasteiger partial charge on any atom is 0.240 e. The fourth-order valence-corrected chi connectivity index (χ4v) is 2.34. The van der Waals surface area contributed by atoms with Gasteiger partial charge in [-0.15, -0.1) is 0 Å². The fourth-order valence-electron chi connectivity index (χ4n) is 2.34. The van der Waals surface area contributed by atoms with Crippen LogP contribution in [0.5, 0.6) is 0 Å². The highest BCUT2D eigenvalue weighted by Gasteiger charge is 2.38. The monoisotopic (exact) mass is 212 g/mol. The molecule has 2 saturated heterocycles. The lowest BCUT2D eigenvalue weighted by molar-refractivity contribution is -0.127. The molecule has 0 radical (unpaired) electrons. The molecule has 86 valence electrons. The Kier molecular flexibility index (Phi) is 2.98. The molecule has 0 spiro atoms. The molecule has 4 heteroatoms. The molecule has 1 amide bonds. The smallest absolute Gasteiger partial charge is 0.240 e. The van der Waals surface area contributed by atoms with Crippen LogP contribution in [0.15, 0.2) is 0 Å². The molecule has 15 heavy (non-hydrogen) atoms. The van der Waals surface area contributed by atoms with Crippen molar-refractivity contribution in [2.45, 2.75) is 50.8 Å². The third-order valence-electron chi connectivity index (χ3n) is 3.56. The fraction of sp³-hybridized carbons (Fsp3) is 0.909. The van der Waals surface area contributed by atoms with Crippen molar-refractivity contribution < 1.29 is 9.53 Å². The summed E-state index contributed by atoms with van der Waals surface area (Å²) in [6.45, 7) is 5.70. The Hall–Kier alpha value is -0.610. The van der Waals surface area contributed by atoms with Crippen LogP contribution in [-0.4, -0.2) is 36.7 Å². The van der Waals surface area contributed by atoms with Crippen LogP contribution in [-0.2, 0) is 9.53 Å². The van der Waals surface area contributed by atoms with E-state index < -0.39 is 0 Å². The van der Waals surface area contributed by atoms with Crippen LogP contribution in [0.1, 0.15) is 33.1 Å². The number of carbonyl (C=O) groups excluding carboxylic acids is 1. The second-order valence-corrected chi connectivity index (χ2v) is 4.81. The van der Waals surface area contributed by atoms with Gasteiger partial charge in [-0.3, -0.25) is 4.79 Å². The highest BCUT2D eigenvalue weighted by molar-refractivity contribution is 5.86. The van der Waals surface area contributed by atoms with Gasteiger partial charge in [0.25, 0.3) is 0 Å². The molecule has 3 unspecified atom stereocenters. The highest BCUT2D eigenvalue weighted by Crippen LogP contribution is 2.20. The van der Waals surface area contributed by atoms with Gasteiger partial charge in [0.05, 0.1) is 17.7 Å². The topological polar surface area (TPSA) is 50.4 Å². The Bertz CT molecular complexity index is 249. The molecule has 0 aromatic carbocycles. The van der Waals surface area contributed by atoms with E-state index in [2.05, 4.69) is 10.6 Å². The molecule has 4 nitrogen and oxygen atoms in total. The SMILES string of the molecule is CC1OCCC1NC(=O)C1(C)CCCN1. The predicted octanol–water partition coefficient (Wildman–Crippen LogP) is 0.422. The maximum atomic E-state index is 12.0. The van der Waals surface area contributed by atoms with Gasteiger partial charge in [0, 0.05) is 6.61 Å². The first-order chi connectivity index (χ1) is 7.12. The third-order valence-corrected chi connectivity index (χ3v) is 3.56. The van der Waals surface area contributed by atoms with E-state index in [0.717, 1.165) is 32.4 Å². The van der Waals surface area contributed by atoms with E-state index in [1.54, 1.807) is 0 Å². The predicted molar refractivity (Wildman–Crippen MR) is 57.6 cm³/mol. The summed E-state index contributed by atoms with van der Waals surface area (Å²) in [5, 5.41) is 6.35. The number of nitrogens with one attached hydrogen (secondary N) is 2. The van der Waals surface area contributed by atoms with E-state index in [1.165, 1.54) is 0 Å². The number of carbonyl (C=O) groups is 1. The lowest BCUT2D eigenvalue weighted by Crippen LogP contribution is -2.54. The minimum Gasteiger partial charge on any atom is -0.376 e. The zero-order valence-electron chi connectivity index (χ0n) is 9.51. The molecule has 0 aliphatic carbocycles. The van der Waals surface area contributed by atoms with Crippen molar-refractivity contribution >= 4 is 5.91 Å². The summed E-state index contributed by atoms with van der Waals surface area (Å²) < 4.78 is 5.43. The zero-order chi connectivity index (χ0) is 10.9. The Morgan fingerprint density at radius 1 is 1.60 bits per heavy atom. The molecule has 2 N–H and O–H groups in total. The summed E-state index contributed by atoms with van der Waals surface area (Å²) in [7, 11) is 0. The van der Waals surface area contributed by atoms with Crippen molar-refractivity contribution in [2.75, 3.05) is 13.2 Å². The van der Waals surface area contributed by atoms with Crippen molar-refractivity contribution in [1.82, 2.24) is 10.6 Å². The van der Waals surface area contributed by atoms with Crippen molar-refractivity contribution in [3.05, 3.63) is 0 Å². The van der Waals surface area contributed by atoms with Crippen LogP contribution in [0, 0.1) is 0 Å². The number of rotatable bonds is 2. The third kappa shape index (κ3) is 2.16. The summed E-state index contributed by atoms with van der Waals surface area (Å²) in [5.41, 5.74) is -0.359. The van der Waals surface area contributed by atoms with Crippen molar-refractivity contribution in [2.24, 2.45) is 0 Å². The van der Waals surface area contributed by atoms with E-state index >= 15 is 0 Å². The van der Waals surface area contributed by atoms with Crippen LogP contribution >= 0.6 is 0 Å². The molecular formula is C11H20N2O2. The standard InChI is InChI=1S/C11H20N2O2/c1-8-9(4-7-15-8)13-10(14)11(2)5-3-6-12-11/h8-9,12H,3-7H2,1-2H3,(H,13,14). The molecule has 2 heterocycles. The summed E-state index contributed by atoms with van der Waals surface area (Å²) >= 11 is 0. The Labute approximate surface area is 90.8 Å². The Morgan fingerprint density at radius 3 is 2.93 bits per heavy atom. The second kappa shape index (κ2) is 4.10. The first kappa shape index (κ1) is 10.9. The Morgan fingerprint density at radius 2 is 2.40 bits per heavy atom. The van der Waals surface area contributed by atoms with Crippen LogP contribution in [0.2, 0.25) is 0 Å². The zero-order valence-corrected chi connectivity index (χ0v) is 9.51. The van der Waals surface area contributed by atoms with Gasteiger partial charge >= 0.3 is 0 Å². The van der Waals surface area contributed by atoms with Gasteiger partial charge in [-0.1, -0.05) is 0 Å². The molecule has 2 aliphatic rings. The minimum atomic E-state index is -0.359. The summed E-state index contributed by atoms with van der Waals surface area (Å²) in [4.78, 5) is 12.0. The molecule has 0 aromatic heterocycles. The van der Waals surface area contributed by atoms with Gasteiger partial charge in [-0.05, 0) is 39.7 Å². The van der Waals surface area contributed by atoms with E-state index in [4.69, 9.17) is 4.74 Å². The molecule has 2 rings (SSSR count). The molecule has 3 atom stereocenters. The number of hydrogen-bond donors (Lipinski definition) is 2. The van der Waals surface area contributed by atoms with Gasteiger partial charge in [0.1, 0.15) is 0 Å². The van der Waals surface area contributed by atoms with Gasteiger partial charge in [0.2, 0.25) is 5.91 Å². The largest absolute Gasteiger partial charge is 0.376 e. The maximum absolute atomic E-state index is 12.0. The summed E-state index contributed by atoms with van der Waals surface area (Å²) in [6, 6.07) is 0.191. The quantitative estimate of drug-likeness (QED) is 0.697. The van der Waals surface area contributed by atoms with Gasteiger partial charge in [-0.2, -0.15) is 0 Å². The molecule has 0 saturated carbocycles. The van der Waals surface area contributed by atoms with E-state index in [-0.39, 0.29) is 23.6 Å². The van der Waals surface area contributed by atoms with Crippen molar-refractivity contribution in [1.29, 1.82) is 0 Å². The van der Waals surface area contributed by atoms with Gasteiger partial charge < -0.3 is 15.4 Å². The molecule has 2 fully saturated rings. The molecular weight excluding hydrogens is 192 g/mol. The molecule has 0 bridgehead atoms. The number of ether oxygens (including phenoxy) is 1. The average Bonchev–Trinajstić information content (AvgIpc) is 2.78. The first-order valence-corrected chi connectivity index (χ1v) is 5.79. The summed E-state index contributed by atoms with van der Waals surface area (Å²) in [6.07, 6.45) is 3.10. The van der Waals surface area contributed by atoms with Crippen LogP contribution < -0.4 is 10.6 Å². The minimum absolute atomic E-state index is 0.127. The summed E-state index contributed by atoms with van der Waals surface area (Å²) in [5.74, 6) is 0.127.